The highest BCUT2D eigenvalue weighted by atomic mass is 32.1. The van der Waals surface area contributed by atoms with Gasteiger partial charge in [0.1, 0.15) is 0 Å². The molecule has 0 spiro atoms. The lowest BCUT2D eigenvalue weighted by atomic mass is 10.0. The molecule has 1 atom stereocenters. The Morgan fingerprint density at radius 3 is 2.56 bits per heavy atom. The van der Waals surface area contributed by atoms with Gasteiger partial charge >= 0.3 is 0 Å². The van der Waals surface area contributed by atoms with Crippen LogP contribution in [0.1, 0.15) is 48.0 Å². The van der Waals surface area contributed by atoms with Crippen LogP contribution < -0.4 is 5.32 Å². The van der Waals surface area contributed by atoms with Crippen LogP contribution in [-0.4, -0.2) is 30.6 Å². The lowest BCUT2D eigenvalue weighted by molar-refractivity contribution is 0.153. The first-order valence-corrected chi connectivity index (χ1v) is 7.97. The van der Waals surface area contributed by atoms with E-state index in [-0.39, 0.29) is 0 Å². The molecular formula is C15H26N2S. The molecule has 0 amide bonds. The molecule has 1 aromatic heterocycles. The summed E-state index contributed by atoms with van der Waals surface area (Å²) >= 11 is 1.93. The van der Waals surface area contributed by atoms with Crippen molar-refractivity contribution in [2.24, 2.45) is 0 Å². The van der Waals surface area contributed by atoms with Gasteiger partial charge in [0, 0.05) is 34.9 Å². The number of piperidine rings is 1. The maximum atomic E-state index is 3.57. The van der Waals surface area contributed by atoms with Crippen LogP contribution in [0.5, 0.6) is 0 Å². The second-order valence-electron chi connectivity index (χ2n) is 5.41. The molecule has 0 aromatic carbocycles. The fourth-order valence-corrected chi connectivity index (χ4v) is 4.06. The predicted molar refractivity (Wildman–Crippen MR) is 80.5 cm³/mol. The van der Waals surface area contributed by atoms with E-state index in [2.05, 4.69) is 44.0 Å². The minimum absolute atomic E-state index is 0.581. The van der Waals surface area contributed by atoms with Crippen LogP contribution in [0.4, 0.5) is 0 Å². The smallest absolute Gasteiger partial charge is 0.0330 e. The summed E-state index contributed by atoms with van der Waals surface area (Å²) in [6.45, 7) is 12.6. The molecule has 1 aliphatic rings. The fraction of sp³-hybridized carbons (Fsp3) is 0.733. The van der Waals surface area contributed by atoms with E-state index in [1.54, 1.807) is 5.56 Å². The summed E-state index contributed by atoms with van der Waals surface area (Å²) in [6.07, 6.45) is 2.58. The number of nitrogens with one attached hydrogen (secondary N) is 1. The Hall–Kier alpha value is -0.380. The first-order chi connectivity index (χ1) is 8.61. The van der Waals surface area contributed by atoms with Gasteiger partial charge in [-0.1, -0.05) is 6.92 Å². The molecule has 3 heteroatoms. The molecular weight excluding hydrogens is 240 g/mol. The summed E-state index contributed by atoms with van der Waals surface area (Å²) in [5.74, 6) is 0. The minimum atomic E-state index is 0.581. The second-order valence-corrected chi connectivity index (χ2v) is 6.87. The molecule has 0 radical (unpaired) electrons. The van der Waals surface area contributed by atoms with E-state index >= 15 is 0 Å². The normalized spacial score (nSPS) is 20.2. The van der Waals surface area contributed by atoms with Crippen LogP contribution in [0.3, 0.4) is 0 Å². The van der Waals surface area contributed by atoms with E-state index in [0.717, 1.165) is 12.6 Å². The molecule has 1 aromatic rings. The zero-order valence-electron chi connectivity index (χ0n) is 12.1. The Kier molecular flexibility index (Phi) is 4.82. The Bertz CT molecular complexity index is 378. The second kappa shape index (κ2) is 6.18. The van der Waals surface area contributed by atoms with Gasteiger partial charge in [-0.15, -0.1) is 11.3 Å². The van der Waals surface area contributed by atoms with Gasteiger partial charge < -0.3 is 5.32 Å². The number of hydrogen-bond acceptors (Lipinski definition) is 3. The molecule has 102 valence electrons. The van der Waals surface area contributed by atoms with Crippen LogP contribution in [0.25, 0.3) is 0 Å². The summed E-state index contributed by atoms with van der Waals surface area (Å²) in [4.78, 5) is 5.58. The molecule has 1 aliphatic heterocycles. The average Bonchev–Trinajstić information content (AvgIpc) is 2.69. The van der Waals surface area contributed by atoms with Crippen molar-refractivity contribution in [2.45, 2.75) is 52.6 Å². The van der Waals surface area contributed by atoms with Crippen molar-refractivity contribution in [3.05, 3.63) is 21.4 Å². The van der Waals surface area contributed by atoms with Gasteiger partial charge in [0.2, 0.25) is 0 Å². The van der Waals surface area contributed by atoms with Crippen LogP contribution in [-0.2, 0) is 0 Å². The molecule has 0 bridgehead atoms. The minimum Gasteiger partial charge on any atom is -0.314 e. The average molecular weight is 266 g/mol. The summed E-state index contributed by atoms with van der Waals surface area (Å²) < 4.78 is 0. The topological polar surface area (TPSA) is 15.3 Å². The maximum absolute atomic E-state index is 3.57. The van der Waals surface area contributed by atoms with Gasteiger partial charge in [0.05, 0.1) is 0 Å². The maximum Gasteiger partial charge on any atom is 0.0330 e. The molecule has 18 heavy (non-hydrogen) atoms. The summed E-state index contributed by atoms with van der Waals surface area (Å²) in [7, 11) is 0. The van der Waals surface area contributed by atoms with Crippen molar-refractivity contribution < 1.29 is 0 Å². The zero-order valence-corrected chi connectivity index (χ0v) is 12.9. The number of likely N-dealkylation sites (tertiary alicyclic amines) is 1. The first-order valence-electron chi connectivity index (χ1n) is 7.16. The monoisotopic (exact) mass is 266 g/mol. The molecule has 1 saturated heterocycles. The van der Waals surface area contributed by atoms with Crippen LogP contribution >= 0.6 is 11.3 Å². The van der Waals surface area contributed by atoms with Gasteiger partial charge in [-0.25, -0.2) is 0 Å². The van der Waals surface area contributed by atoms with E-state index in [1.807, 2.05) is 11.3 Å². The number of rotatable bonds is 4. The third kappa shape index (κ3) is 3.14. The van der Waals surface area contributed by atoms with Crippen molar-refractivity contribution in [3.63, 3.8) is 0 Å². The summed E-state index contributed by atoms with van der Waals surface area (Å²) in [5.41, 5.74) is 1.54. The molecule has 0 saturated carbocycles. The van der Waals surface area contributed by atoms with Gasteiger partial charge in [0.15, 0.2) is 0 Å². The third-order valence-electron chi connectivity index (χ3n) is 4.10. The van der Waals surface area contributed by atoms with Crippen molar-refractivity contribution in [2.75, 3.05) is 19.6 Å². The van der Waals surface area contributed by atoms with E-state index in [4.69, 9.17) is 0 Å². The van der Waals surface area contributed by atoms with E-state index in [0.29, 0.717) is 6.04 Å². The van der Waals surface area contributed by atoms with E-state index in [9.17, 15) is 0 Å². The van der Waals surface area contributed by atoms with Crippen LogP contribution in [0.2, 0.25) is 0 Å². The van der Waals surface area contributed by atoms with Crippen molar-refractivity contribution in [3.8, 4) is 0 Å². The van der Waals surface area contributed by atoms with Gasteiger partial charge in [-0.2, -0.15) is 0 Å². The quantitative estimate of drug-likeness (QED) is 0.897. The number of hydrogen-bond donors (Lipinski definition) is 1. The number of thiophene rings is 1. The number of aryl methyl sites for hydroxylation is 2. The van der Waals surface area contributed by atoms with Crippen molar-refractivity contribution >= 4 is 11.3 Å². The Balaban J connectivity index is 1.95. The molecule has 2 heterocycles. The van der Waals surface area contributed by atoms with E-state index < -0.39 is 0 Å². The highest BCUT2D eigenvalue weighted by molar-refractivity contribution is 7.12. The van der Waals surface area contributed by atoms with Gasteiger partial charge in [0.25, 0.3) is 0 Å². The Labute approximate surface area is 115 Å². The summed E-state index contributed by atoms with van der Waals surface area (Å²) in [6, 6.07) is 3.70. The first kappa shape index (κ1) is 14.0. The lowest BCUT2D eigenvalue weighted by Gasteiger charge is -2.36. The van der Waals surface area contributed by atoms with Crippen molar-refractivity contribution in [1.29, 1.82) is 0 Å². The van der Waals surface area contributed by atoms with Crippen LogP contribution in [0.15, 0.2) is 6.07 Å². The lowest BCUT2D eigenvalue weighted by Crippen LogP contribution is -2.43. The third-order valence-corrected chi connectivity index (χ3v) is 5.08. The molecule has 1 fully saturated rings. The zero-order chi connectivity index (χ0) is 13.1. The van der Waals surface area contributed by atoms with Crippen molar-refractivity contribution in [1.82, 2.24) is 10.2 Å². The highest BCUT2D eigenvalue weighted by Gasteiger charge is 2.24. The van der Waals surface area contributed by atoms with Gasteiger partial charge in [-0.3, -0.25) is 4.90 Å². The molecule has 2 rings (SSSR count). The highest BCUT2D eigenvalue weighted by Crippen LogP contribution is 2.31. The fourth-order valence-electron chi connectivity index (χ4n) is 3.04. The van der Waals surface area contributed by atoms with Crippen LogP contribution in [0, 0.1) is 13.8 Å². The molecule has 0 aliphatic carbocycles. The van der Waals surface area contributed by atoms with E-state index in [1.165, 1.54) is 35.7 Å². The standard InChI is InChI=1S/C15H26N2S/c1-5-16-14-6-8-17(9-7-14)12(3)15-10-11(2)18-13(15)4/h10,12,14,16H,5-9H2,1-4H3. The molecule has 1 N–H and O–H groups in total. The van der Waals surface area contributed by atoms with Gasteiger partial charge in [-0.05, 0) is 51.8 Å². The predicted octanol–water partition coefficient (Wildman–Crippen LogP) is 3.50. The Morgan fingerprint density at radius 2 is 2.06 bits per heavy atom. The molecule has 2 nitrogen and oxygen atoms in total. The SMILES string of the molecule is CCNC1CCN(C(C)c2cc(C)sc2C)CC1. The number of nitrogens with zero attached hydrogens (tertiary/aromatic N) is 1. The largest absolute Gasteiger partial charge is 0.314 e. The summed E-state index contributed by atoms with van der Waals surface area (Å²) in [5, 5.41) is 3.57. The molecule has 1 unspecified atom stereocenters. The Morgan fingerprint density at radius 1 is 1.39 bits per heavy atom.